The van der Waals surface area contributed by atoms with E-state index in [-0.39, 0.29) is 0 Å². The highest BCUT2D eigenvalue weighted by molar-refractivity contribution is 7.17. The van der Waals surface area contributed by atoms with Gasteiger partial charge in [0.25, 0.3) is 0 Å². The second-order valence-corrected chi connectivity index (χ2v) is 6.35. The van der Waals surface area contributed by atoms with Gasteiger partial charge in [-0.1, -0.05) is 48.6 Å². The van der Waals surface area contributed by atoms with E-state index in [9.17, 15) is 0 Å². The molecule has 2 atom stereocenters. The van der Waals surface area contributed by atoms with E-state index in [2.05, 4.69) is 41.3 Å². The maximum Gasteiger partial charge on any atom is -0.000890 e. The number of hydrogen-bond donors (Lipinski definition) is 0. The molecule has 1 saturated carbocycles. The van der Waals surface area contributed by atoms with Crippen molar-refractivity contribution in [1.29, 1.82) is 0 Å². The van der Waals surface area contributed by atoms with Gasteiger partial charge in [-0.2, -0.15) is 0 Å². The van der Waals surface area contributed by atoms with E-state index in [4.69, 9.17) is 0 Å². The van der Waals surface area contributed by atoms with Crippen LogP contribution >= 0.6 is 9.24 Å². The highest BCUT2D eigenvalue weighted by Gasteiger charge is 2.18. The molecule has 17 heavy (non-hydrogen) atoms. The van der Waals surface area contributed by atoms with Crippen LogP contribution in [0.15, 0.2) is 18.2 Å². The van der Waals surface area contributed by atoms with Crippen molar-refractivity contribution in [2.45, 2.75) is 58.0 Å². The van der Waals surface area contributed by atoms with E-state index < -0.39 is 0 Å². The predicted molar refractivity (Wildman–Crippen MR) is 79.3 cm³/mol. The zero-order chi connectivity index (χ0) is 12.3. The highest BCUT2D eigenvalue weighted by Crippen LogP contribution is 2.38. The zero-order valence-electron chi connectivity index (χ0n) is 11.1. The van der Waals surface area contributed by atoms with Crippen LogP contribution in [-0.2, 0) is 0 Å². The molecule has 2 rings (SSSR count). The summed E-state index contributed by atoms with van der Waals surface area (Å²) in [7, 11) is 3.04. The predicted octanol–water partition coefficient (Wildman–Crippen LogP) is 5.15. The van der Waals surface area contributed by atoms with E-state index in [1.54, 1.807) is 5.92 Å². The fraction of sp³-hybridized carbons (Fsp3) is 0.562. The number of aryl methyl sites for hydroxylation is 2. The largest absolute Gasteiger partial charge is 0.130 e. The molecule has 0 spiro atoms. The Bertz CT molecular complexity index is 344. The van der Waals surface area contributed by atoms with Crippen molar-refractivity contribution in [3.63, 3.8) is 0 Å². The first-order chi connectivity index (χ1) is 8.15. The van der Waals surface area contributed by atoms with Crippen LogP contribution in [0.3, 0.4) is 0 Å². The molecule has 0 saturated heterocycles. The normalized spacial score (nSPS) is 19.2. The minimum absolute atomic E-state index is 0.613. The average Bonchev–Trinajstić information content (AvgIpc) is 2.29. The van der Waals surface area contributed by atoms with Gasteiger partial charge in [0, 0.05) is 0 Å². The van der Waals surface area contributed by atoms with E-state index in [0.29, 0.717) is 5.66 Å². The summed E-state index contributed by atoms with van der Waals surface area (Å²) >= 11 is 0. The molecule has 1 aromatic carbocycles. The van der Waals surface area contributed by atoms with Crippen molar-refractivity contribution < 1.29 is 0 Å². The molecule has 1 heteroatoms. The molecule has 93 valence electrons. The minimum atomic E-state index is 0.613. The first-order valence-corrected chi connectivity index (χ1v) is 7.49. The Morgan fingerprint density at radius 3 is 2.18 bits per heavy atom. The number of hydrogen-bond acceptors (Lipinski definition) is 0. The SMILES string of the molecule is Cc1cc(C)cc(C(P)C[C]2CCCCC2)c1. The van der Waals surface area contributed by atoms with Gasteiger partial charge in [-0.25, -0.2) is 0 Å². The van der Waals surface area contributed by atoms with Crippen LogP contribution in [-0.4, -0.2) is 0 Å². The standard InChI is InChI=1S/C16H24P/c1-12-8-13(2)10-15(9-12)16(17)11-14-6-4-3-5-7-14/h8-10,16H,3-7,11,17H2,1-2H3. The Morgan fingerprint density at radius 2 is 1.59 bits per heavy atom. The Hall–Kier alpha value is -0.350. The van der Waals surface area contributed by atoms with Crippen molar-refractivity contribution in [3.8, 4) is 0 Å². The van der Waals surface area contributed by atoms with Crippen LogP contribution in [0.4, 0.5) is 0 Å². The van der Waals surface area contributed by atoms with E-state index >= 15 is 0 Å². The second-order valence-electron chi connectivity index (χ2n) is 5.54. The first kappa shape index (κ1) is 13.1. The van der Waals surface area contributed by atoms with Gasteiger partial charge in [-0.15, -0.1) is 9.24 Å². The summed E-state index contributed by atoms with van der Waals surface area (Å²) in [4.78, 5) is 0. The molecule has 0 amide bonds. The monoisotopic (exact) mass is 247 g/mol. The highest BCUT2D eigenvalue weighted by atomic mass is 31.0. The topological polar surface area (TPSA) is 0 Å². The first-order valence-electron chi connectivity index (χ1n) is 6.82. The van der Waals surface area contributed by atoms with Crippen LogP contribution in [0.5, 0.6) is 0 Å². The fourth-order valence-electron chi connectivity index (χ4n) is 2.91. The molecule has 0 bridgehead atoms. The fourth-order valence-corrected chi connectivity index (χ4v) is 3.43. The molecule has 1 aliphatic rings. The van der Waals surface area contributed by atoms with Crippen molar-refractivity contribution >= 4 is 9.24 Å². The molecule has 0 heterocycles. The Kier molecular flexibility index (Phi) is 4.62. The van der Waals surface area contributed by atoms with Crippen molar-refractivity contribution in [3.05, 3.63) is 40.8 Å². The Morgan fingerprint density at radius 1 is 1.00 bits per heavy atom. The van der Waals surface area contributed by atoms with Gasteiger partial charge in [0.05, 0.1) is 0 Å². The molecule has 1 radical (unpaired) electrons. The lowest BCUT2D eigenvalue weighted by atomic mass is 9.85. The van der Waals surface area contributed by atoms with Gasteiger partial charge < -0.3 is 0 Å². The summed E-state index contributed by atoms with van der Waals surface area (Å²) in [6.07, 6.45) is 8.28. The maximum absolute atomic E-state index is 3.04. The van der Waals surface area contributed by atoms with E-state index in [1.165, 1.54) is 55.2 Å². The molecule has 0 aliphatic heterocycles. The van der Waals surface area contributed by atoms with Gasteiger partial charge >= 0.3 is 0 Å². The van der Waals surface area contributed by atoms with E-state index in [0.717, 1.165) is 0 Å². The lowest BCUT2D eigenvalue weighted by molar-refractivity contribution is 0.503. The minimum Gasteiger partial charge on any atom is -0.130 e. The molecule has 1 aliphatic carbocycles. The van der Waals surface area contributed by atoms with Crippen molar-refractivity contribution in [1.82, 2.24) is 0 Å². The summed E-state index contributed by atoms with van der Waals surface area (Å²) in [5.74, 6) is 1.79. The molecule has 0 aromatic heterocycles. The molecular weight excluding hydrogens is 223 g/mol. The van der Waals surface area contributed by atoms with E-state index in [1.807, 2.05) is 0 Å². The van der Waals surface area contributed by atoms with Gasteiger partial charge in [0.2, 0.25) is 0 Å². The molecule has 2 unspecified atom stereocenters. The average molecular weight is 247 g/mol. The summed E-state index contributed by atoms with van der Waals surface area (Å²) < 4.78 is 0. The molecule has 0 N–H and O–H groups in total. The summed E-state index contributed by atoms with van der Waals surface area (Å²) in [6.45, 7) is 4.39. The lowest BCUT2D eigenvalue weighted by Gasteiger charge is -2.24. The third kappa shape index (κ3) is 3.81. The number of rotatable bonds is 3. The number of benzene rings is 1. The van der Waals surface area contributed by atoms with Crippen LogP contribution in [0, 0.1) is 19.8 Å². The maximum atomic E-state index is 3.04. The summed E-state index contributed by atoms with van der Waals surface area (Å²) in [5, 5.41) is 0. The Labute approximate surface area is 108 Å². The Balaban J connectivity index is 2.00. The smallest absolute Gasteiger partial charge is 0.000890 e. The quantitative estimate of drug-likeness (QED) is 0.648. The van der Waals surface area contributed by atoms with Crippen LogP contribution in [0.25, 0.3) is 0 Å². The summed E-state index contributed by atoms with van der Waals surface area (Å²) in [6, 6.07) is 6.94. The molecule has 1 fully saturated rings. The third-order valence-corrected chi connectivity index (χ3v) is 4.36. The lowest BCUT2D eigenvalue weighted by Crippen LogP contribution is -2.06. The van der Waals surface area contributed by atoms with Crippen LogP contribution in [0.1, 0.15) is 60.9 Å². The van der Waals surface area contributed by atoms with Crippen molar-refractivity contribution in [2.24, 2.45) is 0 Å². The van der Waals surface area contributed by atoms with Gasteiger partial charge in [-0.05, 0) is 50.3 Å². The third-order valence-electron chi connectivity index (χ3n) is 3.74. The van der Waals surface area contributed by atoms with Crippen LogP contribution in [0.2, 0.25) is 0 Å². The van der Waals surface area contributed by atoms with Gasteiger partial charge in [-0.3, -0.25) is 0 Å². The van der Waals surface area contributed by atoms with Crippen LogP contribution < -0.4 is 0 Å². The zero-order valence-corrected chi connectivity index (χ0v) is 12.3. The molecule has 1 aromatic rings. The van der Waals surface area contributed by atoms with Crippen molar-refractivity contribution in [2.75, 3.05) is 0 Å². The molecule has 0 nitrogen and oxygen atoms in total. The second kappa shape index (κ2) is 6.01. The van der Waals surface area contributed by atoms with Gasteiger partial charge in [0.1, 0.15) is 0 Å². The van der Waals surface area contributed by atoms with Gasteiger partial charge in [0.15, 0.2) is 0 Å². The summed E-state index contributed by atoms with van der Waals surface area (Å²) in [5.41, 5.74) is 4.88. The molecular formula is C16H24P.